The largest absolute Gasteiger partial charge is 0.480 e. The highest BCUT2D eigenvalue weighted by Crippen LogP contribution is 2.20. The van der Waals surface area contributed by atoms with Crippen LogP contribution in [-0.4, -0.2) is 47.2 Å². The number of hydrogen-bond donors (Lipinski definition) is 1. The molecule has 1 aromatic carbocycles. The summed E-state index contributed by atoms with van der Waals surface area (Å²) in [5.41, 5.74) is 2.53. The highest BCUT2D eigenvalue weighted by molar-refractivity contribution is 5.96. The Morgan fingerprint density at radius 3 is 2.50 bits per heavy atom. The molecule has 2 rings (SSSR count). The normalized spacial score (nSPS) is 13.9. The SMILES string of the molecule is CCCN(CC(=O)O)C(=O)c1ccc(N2CCC(C)=N2)cc1. The van der Waals surface area contributed by atoms with E-state index in [0.717, 1.165) is 30.8 Å². The van der Waals surface area contributed by atoms with Crippen LogP contribution in [0.25, 0.3) is 0 Å². The third-order valence-electron chi connectivity index (χ3n) is 3.50. The molecule has 0 atom stereocenters. The maximum Gasteiger partial charge on any atom is 0.323 e. The van der Waals surface area contributed by atoms with E-state index in [1.165, 1.54) is 4.90 Å². The number of rotatable bonds is 6. The van der Waals surface area contributed by atoms with Crippen LogP contribution in [-0.2, 0) is 4.79 Å². The summed E-state index contributed by atoms with van der Waals surface area (Å²) >= 11 is 0. The van der Waals surface area contributed by atoms with Crippen molar-refractivity contribution in [1.82, 2.24) is 4.90 Å². The molecule has 0 bridgehead atoms. The zero-order valence-corrected chi connectivity index (χ0v) is 13.0. The molecule has 0 fully saturated rings. The zero-order chi connectivity index (χ0) is 16.1. The first kappa shape index (κ1) is 16.0. The van der Waals surface area contributed by atoms with Crippen LogP contribution in [0.15, 0.2) is 29.4 Å². The van der Waals surface area contributed by atoms with Gasteiger partial charge in [-0.1, -0.05) is 6.92 Å². The van der Waals surface area contributed by atoms with Crippen molar-refractivity contribution in [2.24, 2.45) is 5.10 Å². The fourth-order valence-corrected chi connectivity index (χ4v) is 2.40. The highest BCUT2D eigenvalue weighted by Gasteiger charge is 2.18. The van der Waals surface area contributed by atoms with Crippen molar-refractivity contribution >= 4 is 23.3 Å². The van der Waals surface area contributed by atoms with Gasteiger partial charge in [0.15, 0.2) is 0 Å². The summed E-state index contributed by atoms with van der Waals surface area (Å²) < 4.78 is 0. The minimum absolute atomic E-state index is 0.253. The summed E-state index contributed by atoms with van der Waals surface area (Å²) in [6.07, 6.45) is 1.67. The van der Waals surface area contributed by atoms with Crippen LogP contribution < -0.4 is 5.01 Å². The Bertz CT molecular complexity index is 581. The number of nitrogens with zero attached hydrogens (tertiary/aromatic N) is 3. The first-order valence-electron chi connectivity index (χ1n) is 7.44. The lowest BCUT2D eigenvalue weighted by Crippen LogP contribution is -2.36. The Balaban J connectivity index is 2.11. The standard InChI is InChI=1S/C16H21N3O3/c1-3-9-18(11-15(20)21)16(22)13-4-6-14(7-5-13)19-10-8-12(2)17-19/h4-7H,3,8-11H2,1-2H3,(H,20,21). The van der Waals surface area contributed by atoms with Gasteiger partial charge in [0.1, 0.15) is 6.54 Å². The molecule has 0 spiro atoms. The summed E-state index contributed by atoms with van der Waals surface area (Å²) in [5.74, 6) is -1.25. The Morgan fingerprint density at radius 2 is 2.00 bits per heavy atom. The second-order valence-corrected chi connectivity index (χ2v) is 5.38. The van der Waals surface area contributed by atoms with E-state index in [-0.39, 0.29) is 12.5 Å². The maximum atomic E-state index is 12.4. The van der Waals surface area contributed by atoms with Crippen LogP contribution in [0.1, 0.15) is 37.0 Å². The van der Waals surface area contributed by atoms with E-state index >= 15 is 0 Å². The number of carboxylic acid groups (broad SMARTS) is 1. The van der Waals surface area contributed by atoms with Crippen LogP contribution in [0.2, 0.25) is 0 Å². The first-order valence-corrected chi connectivity index (χ1v) is 7.44. The van der Waals surface area contributed by atoms with Gasteiger partial charge >= 0.3 is 5.97 Å². The average Bonchev–Trinajstić information content (AvgIpc) is 2.92. The Kier molecular flexibility index (Phi) is 5.14. The minimum Gasteiger partial charge on any atom is -0.480 e. The van der Waals surface area contributed by atoms with E-state index in [9.17, 15) is 9.59 Å². The molecule has 0 saturated carbocycles. The lowest BCUT2D eigenvalue weighted by Gasteiger charge is -2.20. The molecule has 22 heavy (non-hydrogen) atoms. The van der Waals surface area contributed by atoms with Crippen molar-refractivity contribution < 1.29 is 14.7 Å². The third-order valence-corrected chi connectivity index (χ3v) is 3.50. The molecular formula is C16H21N3O3. The van der Waals surface area contributed by atoms with Crippen LogP contribution >= 0.6 is 0 Å². The summed E-state index contributed by atoms with van der Waals surface area (Å²) in [7, 11) is 0. The zero-order valence-electron chi connectivity index (χ0n) is 13.0. The molecule has 6 heteroatoms. The summed E-state index contributed by atoms with van der Waals surface area (Å²) in [6, 6.07) is 7.15. The van der Waals surface area contributed by atoms with E-state index in [0.29, 0.717) is 12.1 Å². The van der Waals surface area contributed by atoms with Crippen LogP contribution in [0.5, 0.6) is 0 Å². The number of hydrogen-bond acceptors (Lipinski definition) is 4. The van der Waals surface area contributed by atoms with Gasteiger partial charge in [0.2, 0.25) is 0 Å². The number of hydrazone groups is 1. The fraction of sp³-hybridized carbons (Fsp3) is 0.438. The summed E-state index contributed by atoms with van der Waals surface area (Å²) in [5, 5.41) is 15.2. The molecule has 1 heterocycles. The van der Waals surface area contributed by atoms with Crippen molar-refractivity contribution in [3.63, 3.8) is 0 Å². The maximum absolute atomic E-state index is 12.4. The summed E-state index contributed by atoms with van der Waals surface area (Å²) in [6.45, 7) is 4.91. The molecule has 6 nitrogen and oxygen atoms in total. The van der Waals surface area contributed by atoms with Crippen molar-refractivity contribution in [3.05, 3.63) is 29.8 Å². The molecule has 0 aromatic heterocycles. The average molecular weight is 303 g/mol. The van der Waals surface area contributed by atoms with Crippen LogP contribution in [0, 0.1) is 0 Å². The second kappa shape index (κ2) is 7.06. The lowest BCUT2D eigenvalue weighted by atomic mass is 10.1. The number of amides is 1. The number of benzene rings is 1. The topological polar surface area (TPSA) is 73.2 Å². The third kappa shape index (κ3) is 3.84. The Hall–Kier alpha value is -2.37. The molecule has 0 aliphatic carbocycles. The molecule has 1 aromatic rings. The van der Waals surface area contributed by atoms with Crippen molar-refractivity contribution in [2.75, 3.05) is 24.6 Å². The molecule has 118 valence electrons. The van der Waals surface area contributed by atoms with Gasteiger partial charge in [-0.3, -0.25) is 14.6 Å². The van der Waals surface area contributed by atoms with Gasteiger partial charge in [-0.15, -0.1) is 0 Å². The number of aliphatic carboxylic acids is 1. The molecule has 1 aliphatic rings. The molecule has 0 radical (unpaired) electrons. The molecule has 1 amide bonds. The minimum atomic E-state index is -1.000. The predicted molar refractivity (Wildman–Crippen MR) is 85.3 cm³/mol. The van der Waals surface area contributed by atoms with Gasteiger partial charge in [-0.25, -0.2) is 0 Å². The van der Waals surface area contributed by atoms with Crippen molar-refractivity contribution in [1.29, 1.82) is 0 Å². The number of carbonyl (C=O) groups excluding carboxylic acids is 1. The quantitative estimate of drug-likeness (QED) is 0.874. The Labute approximate surface area is 130 Å². The van der Waals surface area contributed by atoms with Crippen LogP contribution in [0.3, 0.4) is 0 Å². The monoisotopic (exact) mass is 303 g/mol. The van der Waals surface area contributed by atoms with Crippen LogP contribution in [0.4, 0.5) is 5.69 Å². The second-order valence-electron chi connectivity index (χ2n) is 5.38. The molecule has 0 unspecified atom stereocenters. The fourth-order valence-electron chi connectivity index (χ4n) is 2.40. The highest BCUT2D eigenvalue weighted by atomic mass is 16.4. The van der Waals surface area contributed by atoms with E-state index in [1.54, 1.807) is 12.1 Å². The number of anilines is 1. The van der Waals surface area contributed by atoms with Gasteiger partial charge in [0.25, 0.3) is 5.91 Å². The summed E-state index contributed by atoms with van der Waals surface area (Å²) in [4.78, 5) is 24.6. The smallest absolute Gasteiger partial charge is 0.323 e. The molecule has 1 aliphatic heterocycles. The molecular weight excluding hydrogens is 282 g/mol. The van der Waals surface area contributed by atoms with Gasteiger partial charge in [-0.2, -0.15) is 5.10 Å². The Morgan fingerprint density at radius 1 is 1.32 bits per heavy atom. The molecule has 1 N–H and O–H groups in total. The van der Waals surface area contributed by atoms with Crippen molar-refractivity contribution in [3.8, 4) is 0 Å². The first-order chi connectivity index (χ1) is 10.5. The number of carboxylic acids is 1. The number of carbonyl (C=O) groups is 2. The molecule has 0 saturated heterocycles. The van der Waals surface area contributed by atoms with E-state index in [2.05, 4.69) is 5.10 Å². The van der Waals surface area contributed by atoms with Gasteiger partial charge in [0, 0.05) is 30.8 Å². The van der Waals surface area contributed by atoms with E-state index in [1.807, 2.05) is 31.0 Å². The lowest BCUT2D eigenvalue weighted by molar-refractivity contribution is -0.137. The van der Waals surface area contributed by atoms with Gasteiger partial charge in [0.05, 0.1) is 5.69 Å². The van der Waals surface area contributed by atoms with Gasteiger partial charge < -0.3 is 10.0 Å². The van der Waals surface area contributed by atoms with Crippen molar-refractivity contribution in [2.45, 2.75) is 26.7 Å². The predicted octanol–water partition coefficient (Wildman–Crippen LogP) is 2.21. The van der Waals surface area contributed by atoms with E-state index < -0.39 is 5.97 Å². The van der Waals surface area contributed by atoms with E-state index in [4.69, 9.17) is 5.11 Å². The van der Waals surface area contributed by atoms with Gasteiger partial charge in [-0.05, 0) is 37.6 Å².